The Kier molecular flexibility index (Phi) is 5.68. The molecule has 0 aromatic heterocycles. The highest BCUT2D eigenvalue weighted by molar-refractivity contribution is 6.03. The van der Waals surface area contributed by atoms with Crippen molar-refractivity contribution in [2.24, 2.45) is 5.92 Å². The fourth-order valence-electron chi connectivity index (χ4n) is 2.57. The summed E-state index contributed by atoms with van der Waals surface area (Å²) in [5.74, 6) is -2.03. The van der Waals surface area contributed by atoms with E-state index >= 15 is 0 Å². The molecule has 128 valence electrons. The molecule has 2 unspecified atom stereocenters. The van der Waals surface area contributed by atoms with E-state index in [9.17, 15) is 19.2 Å². The van der Waals surface area contributed by atoms with Crippen molar-refractivity contribution in [2.45, 2.75) is 38.6 Å². The molecule has 1 fully saturated rings. The van der Waals surface area contributed by atoms with E-state index in [-0.39, 0.29) is 42.5 Å². The van der Waals surface area contributed by atoms with Crippen molar-refractivity contribution in [3.05, 3.63) is 35.4 Å². The number of nitrogens with one attached hydrogen (secondary N) is 2. The Bertz CT molecular complexity index is 653. The third-order valence-corrected chi connectivity index (χ3v) is 3.93. The van der Waals surface area contributed by atoms with Crippen molar-refractivity contribution in [1.29, 1.82) is 0 Å². The summed E-state index contributed by atoms with van der Waals surface area (Å²) in [4.78, 5) is 45.3. The number of carboxylic acids is 1. The van der Waals surface area contributed by atoms with Gasteiger partial charge in [-0.3, -0.25) is 24.5 Å². The average Bonchev–Trinajstić information content (AvgIpc) is 2.83. The highest BCUT2D eigenvalue weighted by Crippen LogP contribution is 2.17. The number of amides is 3. The maximum absolute atomic E-state index is 12.1. The van der Waals surface area contributed by atoms with Gasteiger partial charge in [0.05, 0.1) is 5.92 Å². The second-order valence-electron chi connectivity index (χ2n) is 6.02. The first-order chi connectivity index (χ1) is 11.3. The topological polar surface area (TPSA) is 113 Å². The van der Waals surface area contributed by atoms with E-state index in [1.165, 1.54) is 0 Å². The SMILES string of the molecule is CC(CCC(=O)O)NC(=O)c1ccc(CC2CC(=O)NC2=O)cc1. The molecule has 0 aliphatic carbocycles. The molecule has 3 N–H and O–H groups in total. The van der Waals surface area contributed by atoms with Crippen LogP contribution in [-0.4, -0.2) is 34.8 Å². The highest BCUT2D eigenvalue weighted by atomic mass is 16.4. The second kappa shape index (κ2) is 7.72. The van der Waals surface area contributed by atoms with E-state index in [0.717, 1.165) is 5.56 Å². The van der Waals surface area contributed by atoms with Crippen LogP contribution in [0.4, 0.5) is 0 Å². The van der Waals surface area contributed by atoms with Crippen molar-refractivity contribution in [2.75, 3.05) is 0 Å². The van der Waals surface area contributed by atoms with Crippen molar-refractivity contribution >= 4 is 23.7 Å². The number of hydrogen-bond acceptors (Lipinski definition) is 4. The number of carbonyl (C=O) groups is 4. The lowest BCUT2D eigenvalue weighted by atomic mass is 9.97. The molecule has 1 aromatic carbocycles. The van der Waals surface area contributed by atoms with E-state index in [1.807, 2.05) is 0 Å². The lowest BCUT2D eigenvalue weighted by Crippen LogP contribution is -2.32. The van der Waals surface area contributed by atoms with Crippen LogP contribution >= 0.6 is 0 Å². The molecule has 0 bridgehead atoms. The summed E-state index contributed by atoms with van der Waals surface area (Å²) >= 11 is 0. The summed E-state index contributed by atoms with van der Waals surface area (Å²) in [6, 6.07) is 6.59. The maximum Gasteiger partial charge on any atom is 0.303 e. The molecule has 1 saturated heterocycles. The van der Waals surface area contributed by atoms with Crippen LogP contribution in [0.5, 0.6) is 0 Å². The molecular weight excluding hydrogens is 312 g/mol. The van der Waals surface area contributed by atoms with Gasteiger partial charge in [-0.15, -0.1) is 0 Å². The van der Waals surface area contributed by atoms with Crippen LogP contribution in [0.2, 0.25) is 0 Å². The third kappa shape index (κ3) is 4.91. The van der Waals surface area contributed by atoms with Crippen LogP contribution in [0, 0.1) is 5.92 Å². The molecule has 2 atom stereocenters. The second-order valence-corrected chi connectivity index (χ2v) is 6.02. The molecule has 1 aliphatic heterocycles. The molecule has 7 nitrogen and oxygen atoms in total. The van der Waals surface area contributed by atoms with Gasteiger partial charge in [0.2, 0.25) is 11.8 Å². The zero-order chi connectivity index (χ0) is 17.7. The fourth-order valence-corrected chi connectivity index (χ4v) is 2.57. The number of rotatable bonds is 7. The Balaban J connectivity index is 1.89. The summed E-state index contributed by atoms with van der Waals surface area (Å²) in [6.07, 6.45) is 1.02. The van der Waals surface area contributed by atoms with Crippen LogP contribution in [0.1, 0.15) is 42.1 Å². The van der Waals surface area contributed by atoms with Crippen LogP contribution in [0.3, 0.4) is 0 Å². The monoisotopic (exact) mass is 332 g/mol. The first-order valence-electron chi connectivity index (χ1n) is 7.80. The van der Waals surface area contributed by atoms with Gasteiger partial charge in [0.25, 0.3) is 5.91 Å². The standard InChI is InChI=1S/C17H20N2O5/c1-10(2-7-15(21)22)18-16(23)12-5-3-11(4-6-12)8-13-9-14(20)19-17(13)24/h3-6,10,13H,2,7-9H2,1H3,(H,18,23)(H,21,22)(H,19,20,24). The summed E-state index contributed by atoms with van der Waals surface area (Å²) in [5, 5.41) is 13.7. The largest absolute Gasteiger partial charge is 0.481 e. The third-order valence-electron chi connectivity index (χ3n) is 3.93. The van der Waals surface area contributed by atoms with Crippen LogP contribution in [-0.2, 0) is 20.8 Å². The van der Waals surface area contributed by atoms with Gasteiger partial charge in [0.1, 0.15) is 0 Å². The van der Waals surface area contributed by atoms with Gasteiger partial charge in [0, 0.05) is 24.4 Å². The van der Waals surface area contributed by atoms with E-state index in [4.69, 9.17) is 5.11 Å². The van der Waals surface area contributed by atoms with Crippen molar-refractivity contribution in [3.8, 4) is 0 Å². The predicted octanol–water partition coefficient (Wildman–Crippen LogP) is 0.875. The Hall–Kier alpha value is -2.70. The normalized spacial score (nSPS) is 18.1. The Morgan fingerprint density at radius 1 is 1.29 bits per heavy atom. The first-order valence-corrected chi connectivity index (χ1v) is 7.80. The maximum atomic E-state index is 12.1. The molecule has 2 rings (SSSR count). The van der Waals surface area contributed by atoms with Crippen molar-refractivity contribution in [3.63, 3.8) is 0 Å². The van der Waals surface area contributed by atoms with Gasteiger partial charge in [0.15, 0.2) is 0 Å². The number of imide groups is 1. The quantitative estimate of drug-likeness (QED) is 0.642. The molecule has 3 amide bonds. The van der Waals surface area contributed by atoms with Gasteiger partial charge in [-0.1, -0.05) is 12.1 Å². The number of carboxylic acid groups (broad SMARTS) is 1. The smallest absolute Gasteiger partial charge is 0.303 e. The predicted molar refractivity (Wildman–Crippen MR) is 85.2 cm³/mol. The minimum Gasteiger partial charge on any atom is -0.481 e. The number of benzene rings is 1. The summed E-state index contributed by atoms with van der Waals surface area (Å²) < 4.78 is 0. The lowest BCUT2D eigenvalue weighted by molar-refractivity contribution is -0.137. The Morgan fingerprint density at radius 2 is 1.96 bits per heavy atom. The first kappa shape index (κ1) is 17.7. The van der Waals surface area contributed by atoms with Crippen LogP contribution in [0.25, 0.3) is 0 Å². The van der Waals surface area contributed by atoms with Crippen LogP contribution < -0.4 is 10.6 Å². The van der Waals surface area contributed by atoms with Gasteiger partial charge in [-0.25, -0.2) is 0 Å². The molecule has 1 heterocycles. The Morgan fingerprint density at radius 3 is 2.50 bits per heavy atom. The fraction of sp³-hybridized carbons (Fsp3) is 0.412. The van der Waals surface area contributed by atoms with Gasteiger partial charge >= 0.3 is 5.97 Å². The van der Waals surface area contributed by atoms with E-state index in [1.54, 1.807) is 31.2 Å². The van der Waals surface area contributed by atoms with E-state index < -0.39 is 5.97 Å². The minimum absolute atomic E-state index is 0.00254. The van der Waals surface area contributed by atoms with Crippen molar-refractivity contribution in [1.82, 2.24) is 10.6 Å². The van der Waals surface area contributed by atoms with E-state index in [2.05, 4.69) is 10.6 Å². The number of carbonyl (C=O) groups excluding carboxylic acids is 3. The summed E-state index contributed by atoms with van der Waals surface area (Å²) in [6.45, 7) is 1.75. The molecular formula is C17H20N2O5. The minimum atomic E-state index is -0.894. The van der Waals surface area contributed by atoms with E-state index in [0.29, 0.717) is 18.4 Å². The number of hydrogen-bond donors (Lipinski definition) is 3. The lowest BCUT2D eigenvalue weighted by Gasteiger charge is -2.13. The van der Waals surface area contributed by atoms with Crippen molar-refractivity contribution < 1.29 is 24.3 Å². The van der Waals surface area contributed by atoms with Crippen LogP contribution in [0.15, 0.2) is 24.3 Å². The summed E-state index contributed by atoms with van der Waals surface area (Å²) in [7, 11) is 0. The van der Waals surface area contributed by atoms with Gasteiger partial charge in [-0.2, -0.15) is 0 Å². The molecule has 1 aromatic rings. The Labute approximate surface area is 139 Å². The zero-order valence-electron chi connectivity index (χ0n) is 13.4. The average molecular weight is 332 g/mol. The highest BCUT2D eigenvalue weighted by Gasteiger charge is 2.30. The molecule has 24 heavy (non-hydrogen) atoms. The molecule has 7 heteroatoms. The molecule has 0 spiro atoms. The zero-order valence-corrected chi connectivity index (χ0v) is 13.4. The molecule has 0 saturated carbocycles. The molecule has 0 radical (unpaired) electrons. The van der Waals surface area contributed by atoms with Gasteiger partial charge in [-0.05, 0) is 37.5 Å². The number of aliphatic carboxylic acids is 1. The van der Waals surface area contributed by atoms with Gasteiger partial charge < -0.3 is 10.4 Å². The summed E-state index contributed by atoms with van der Waals surface area (Å²) in [5.41, 5.74) is 1.34. The molecule has 1 aliphatic rings.